The van der Waals surface area contributed by atoms with Crippen LogP contribution in [0.1, 0.15) is 44.9 Å². The Morgan fingerprint density at radius 2 is 1.79 bits per heavy atom. The Hall–Kier alpha value is -0.310. The van der Waals surface area contributed by atoms with Crippen LogP contribution in [0.3, 0.4) is 0 Å². The maximum Gasteiger partial charge on any atom is 0.169 e. The van der Waals surface area contributed by atoms with Crippen LogP contribution in [0.15, 0.2) is 0 Å². The molecule has 0 heterocycles. The van der Waals surface area contributed by atoms with Crippen LogP contribution in [-0.4, -0.2) is 29.1 Å². The van der Waals surface area contributed by atoms with Crippen molar-refractivity contribution in [2.45, 2.75) is 57.0 Å². The highest BCUT2D eigenvalue weighted by atomic mass is 32.1. The summed E-state index contributed by atoms with van der Waals surface area (Å²) in [5, 5.41) is 4.47. The fraction of sp³-hybridized carbons (Fsp3) is 0.909. The Balaban J connectivity index is 1.74. The van der Waals surface area contributed by atoms with Gasteiger partial charge in [-0.3, -0.25) is 0 Å². The first-order valence-electron chi connectivity index (χ1n) is 5.80. The molecule has 0 spiro atoms. The summed E-state index contributed by atoms with van der Waals surface area (Å²) in [6.45, 7) is 0. The van der Waals surface area contributed by atoms with Gasteiger partial charge in [-0.2, -0.15) is 0 Å². The second kappa shape index (κ2) is 4.47. The van der Waals surface area contributed by atoms with Crippen LogP contribution in [0.2, 0.25) is 0 Å². The lowest BCUT2D eigenvalue weighted by Crippen LogP contribution is -2.44. The summed E-state index contributed by atoms with van der Waals surface area (Å²) in [5.74, 6) is 0. The molecule has 0 aromatic rings. The lowest BCUT2D eigenvalue weighted by Gasteiger charge is -2.28. The molecule has 80 valence electrons. The molecule has 2 aliphatic carbocycles. The molecule has 2 saturated carbocycles. The zero-order chi connectivity index (χ0) is 9.97. The molecule has 0 atom stereocenters. The molecule has 0 amide bonds. The van der Waals surface area contributed by atoms with E-state index in [0.717, 1.165) is 11.2 Å². The van der Waals surface area contributed by atoms with Crippen molar-refractivity contribution in [3.8, 4) is 0 Å². The van der Waals surface area contributed by atoms with E-state index < -0.39 is 0 Å². The van der Waals surface area contributed by atoms with Crippen molar-refractivity contribution in [2.24, 2.45) is 0 Å². The number of rotatable bonds is 2. The van der Waals surface area contributed by atoms with Gasteiger partial charge in [-0.05, 0) is 37.9 Å². The van der Waals surface area contributed by atoms with Gasteiger partial charge in [0.25, 0.3) is 0 Å². The normalized spacial score (nSPS) is 23.2. The highest BCUT2D eigenvalue weighted by Gasteiger charge is 2.28. The van der Waals surface area contributed by atoms with Crippen molar-refractivity contribution in [1.29, 1.82) is 0 Å². The van der Waals surface area contributed by atoms with Crippen LogP contribution in [0.5, 0.6) is 0 Å². The molecule has 3 heteroatoms. The Bertz CT molecular complexity index is 207. The molecular weight excluding hydrogens is 192 g/mol. The Morgan fingerprint density at radius 1 is 1.14 bits per heavy atom. The van der Waals surface area contributed by atoms with Crippen LogP contribution >= 0.6 is 12.2 Å². The molecule has 0 radical (unpaired) electrons. The molecular formula is C11H20N2S. The first-order valence-corrected chi connectivity index (χ1v) is 6.21. The molecule has 0 aliphatic heterocycles. The van der Waals surface area contributed by atoms with E-state index in [1.165, 1.54) is 44.9 Å². The Morgan fingerprint density at radius 3 is 2.36 bits per heavy atom. The van der Waals surface area contributed by atoms with Crippen LogP contribution in [0.4, 0.5) is 0 Å². The number of thiocarbonyl (C=S) groups is 1. The zero-order valence-electron chi connectivity index (χ0n) is 8.96. The number of nitrogens with zero attached hydrogens (tertiary/aromatic N) is 1. The van der Waals surface area contributed by atoms with E-state index in [-0.39, 0.29) is 0 Å². The maximum absolute atomic E-state index is 5.39. The summed E-state index contributed by atoms with van der Waals surface area (Å²) in [6.07, 6.45) is 9.40. The minimum Gasteiger partial charge on any atom is -0.360 e. The van der Waals surface area contributed by atoms with Gasteiger partial charge in [-0.15, -0.1) is 0 Å². The molecule has 0 aromatic carbocycles. The van der Waals surface area contributed by atoms with E-state index in [1.807, 2.05) is 0 Å². The second-order valence-corrected chi connectivity index (χ2v) is 5.01. The van der Waals surface area contributed by atoms with Crippen molar-refractivity contribution in [2.75, 3.05) is 7.05 Å². The van der Waals surface area contributed by atoms with E-state index >= 15 is 0 Å². The third-order valence-electron chi connectivity index (χ3n) is 3.35. The molecule has 2 rings (SSSR count). The van der Waals surface area contributed by atoms with Gasteiger partial charge >= 0.3 is 0 Å². The lowest BCUT2D eigenvalue weighted by atomic mass is 9.96. The molecule has 0 aromatic heterocycles. The van der Waals surface area contributed by atoms with E-state index in [1.54, 1.807) is 0 Å². The van der Waals surface area contributed by atoms with E-state index in [0.29, 0.717) is 6.04 Å². The molecule has 2 fully saturated rings. The SMILES string of the molecule is CN(C(=S)NC1CCCCC1)C1CC1. The average molecular weight is 212 g/mol. The third-order valence-corrected chi connectivity index (χ3v) is 3.75. The Kier molecular flexibility index (Phi) is 3.26. The van der Waals surface area contributed by atoms with Gasteiger partial charge in [0.15, 0.2) is 5.11 Å². The van der Waals surface area contributed by atoms with Crippen molar-refractivity contribution in [3.63, 3.8) is 0 Å². The molecule has 14 heavy (non-hydrogen) atoms. The predicted molar refractivity (Wildman–Crippen MR) is 63.4 cm³/mol. The van der Waals surface area contributed by atoms with E-state index in [2.05, 4.69) is 17.3 Å². The van der Waals surface area contributed by atoms with Crippen molar-refractivity contribution < 1.29 is 0 Å². The molecule has 2 nitrogen and oxygen atoms in total. The lowest BCUT2D eigenvalue weighted by molar-refractivity contribution is 0.392. The minimum atomic E-state index is 0.650. The molecule has 2 aliphatic rings. The molecule has 1 N–H and O–H groups in total. The fourth-order valence-electron chi connectivity index (χ4n) is 2.15. The summed E-state index contributed by atoms with van der Waals surface area (Å²) >= 11 is 5.39. The summed E-state index contributed by atoms with van der Waals surface area (Å²) in [6, 6.07) is 1.39. The number of nitrogens with one attached hydrogen (secondary N) is 1. The summed E-state index contributed by atoms with van der Waals surface area (Å²) in [4.78, 5) is 2.24. The van der Waals surface area contributed by atoms with Gasteiger partial charge in [0, 0.05) is 19.1 Å². The van der Waals surface area contributed by atoms with Crippen LogP contribution < -0.4 is 5.32 Å². The highest BCUT2D eigenvalue weighted by molar-refractivity contribution is 7.80. The first kappa shape index (κ1) is 10.2. The summed E-state index contributed by atoms with van der Waals surface area (Å²) in [7, 11) is 2.12. The molecule has 0 unspecified atom stereocenters. The van der Waals surface area contributed by atoms with Gasteiger partial charge in [0.05, 0.1) is 0 Å². The van der Waals surface area contributed by atoms with Crippen molar-refractivity contribution in [1.82, 2.24) is 10.2 Å². The van der Waals surface area contributed by atoms with E-state index in [4.69, 9.17) is 12.2 Å². The zero-order valence-corrected chi connectivity index (χ0v) is 9.78. The van der Waals surface area contributed by atoms with Gasteiger partial charge in [-0.1, -0.05) is 19.3 Å². The standard InChI is InChI=1S/C11H20N2S/c1-13(10-7-8-10)11(14)12-9-5-3-2-4-6-9/h9-10H,2-8H2,1H3,(H,12,14). The minimum absolute atomic E-state index is 0.650. The van der Waals surface area contributed by atoms with Crippen molar-refractivity contribution >= 4 is 17.3 Å². The number of hydrogen-bond acceptors (Lipinski definition) is 1. The van der Waals surface area contributed by atoms with E-state index in [9.17, 15) is 0 Å². The maximum atomic E-state index is 5.39. The third kappa shape index (κ3) is 2.59. The molecule has 0 saturated heterocycles. The van der Waals surface area contributed by atoms with Gasteiger partial charge in [0.1, 0.15) is 0 Å². The topological polar surface area (TPSA) is 15.3 Å². The van der Waals surface area contributed by atoms with Gasteiger partial charge in [-0.25, -0.2) is 0 Å². The van der Waals surface area contributed by atoms with Crippen molar-refractivity contribution in [3.05, 3.63) is 0 Å². The predicted octanol–water partition coefficient (Wildman–Crippen LogP) is 2.29. The Labute approximate surface area is 92.0 Å². The van der Waals surface area contributed by atoms with Gasteiger partial charge in [0.2, 0.25) is 0 Å². The smallest absolute Gasteiger partial charge is 0.169 e. The number of hydrogen-bond donors (Lipinski definition) is 1. The summed E-state index contributed by atoms with van der Waals surface area (Å²) in [5.41, 5.74) is 0. The van der Waals surface area contributed by atoms with Crippen LogP contribution in [0.25, 0.3) is 0 Å². The molecule has 0 bridgehead atoms. The fourth-order valence-corrected chi connectivity index (χ4v) is 2.47. The van der Waals surface area contributed by atoms with Crippen LogP contribution in [0, 0.1) is 0 Å². The first-order chi connectivity index (χ1) is 6.77. The summed E-state index contributed by atoms with van der Waals surface area (Å²) < 4.78 is 0. The quantitative estimate of drug-likeness (QED) is 0.707. The monoisotopic (exact) mass is 212 g/mol. The van der Waals surface area contributed by atoms with Gasteiger partial charge < -0.3 is 10.2 Å². The van der Waals surface area contributed by atoms with Crippen LogP contribution in [-0.2, 0) is 0 Å². The largest absolute Gasteiger partial charge is 0.360 e. The second-order valence-electron chi connectivity index (χ2n) is 4.63. The highest BCUT2D eigenvalue weighted by Crippen LogP contribution is 2.26. The average Bonchev–Trinajstić information content (AvgIpc) is 3.01.